The Hall–Kier alpha value is -1.40. The number of rotatable bonds is 3. The average Bonchev–Trinajstić information content (AvgIpc) is 2.45. The predicted octanol–water partition coefficient (Wildman–Crippen LogP) is 1.34. The average molecular weight is 297 g/mol. The van der Waals surface area contributed by atoms with Crippen molar-refractivity contribution in [3.05, 3.63) is 29.8 Å². The van der Waals surface area contributed by atoms with Crippen LogP contribution >= 0.6 is 0 Å². The fourth-order valence-electron chi connectivity index (χ4n) is 2.29. The Bertz CT molecular complexity index is 597. The van der Waals surface area contributed by atoms with E-state index < -0.39 is 9.84 Å². The van der Waals surface area contributed by atoms with Crippen molar-refractivity contribution >= 4 is 15.7 Å². The molecule has 110 valence electrons. The zero-order chi connectivity index (χ0) is 14.8. The summed E-state index contributed by atoms with van der Waals surface area (Å²) in [6, 6.07) is 6.34. The smallest absolute Gasteiger partial charge is 0.255 e. The van der Waals surface area contributed by atoms with Gasteiger partial charge in [0.15, 0.2) is 9.84 Å². The van der Waals surface area contributed by atoms with Crippen LogP contribution in [0.4, 0.5) is 0 Å². The molecule has 1 aromatic rings. The molecule has 1 fully saturated rings. The second kappa shape index (κ2) is 5.93. The maximum Gasteiger partial charge on any atom is 0.255 e. The molecule has 1 atom stereocenters. The van der Waals surface area contributed by atoms with Crippen LogP contribution in [0.15, 0.2) is 29.2 Å². The summed E-state index contributed by atoms with van der Waals surface area (Å²) in [4.78, 5) is 14.3. The van der Waals surface area contributed by atoms with E-state index in [4.69, 9.17) is 4.74 Å². The molecule has 1 saturated heterocycles. The van der Waals surface area contributed by atoms with Gasteiger partial charge in [-0.2, -0.15) is 0 Å². The van der Waals surface area contributed by atoms with Gasteiger partial charge in [-0.05, 0) is 18.6 Å². The minimum absolute atomic E-state index is 0.0260. The lowest BCUT2D eigenvalue weighted by Crippen LogP contribution is -2.45. The van der Waals surface area contributed by atoms with Gasteiger partial charge in [0.25, 0.3) is 5.91 Å². The fourth-order valence-corrected chi connectivity index (χ4v) is 3.17. The number of morpholine rings is 1. The molecule has 1 amide bonds. The number of amides is 1. The molecular formula is C14H19NO4S. The van der Waals surface area contributed by atoms with E-state index in [0.717, 1.165) is 12.7 Å². The Kier molecular flexibility index (Phi) is 4.45. The van der Waals surface area contributed by atoms with E-state index in [2.05, 4.69) is 0 Å². The van der Waals surface area contributed by atoms with Gasteiger partial charge >= 0.3 is 0 Å². The Morgan fingerprint density at radius 3 is 2.75 bits per heavy atom. The van der Waals surface area contributed by atoms with Crippen LogP contribution in [0.1, 0.15) is 23.7 Å². The van der Waals surface area contributed by atoms with Crippen LogP contribution in [0, 0.1) is 0 Å². The van der Waals surface area contributed by atoms with Crippen molar-refractivity contribution in [2.75, 3.05) is 26.0 Å². The van der Waals surface area contributed by atoms with Gasteiger partial charge < -0.3 is 9.64 Å². The molecule has 5 nitrogen and oxygen atoms in total. The number of benzene rings is 1. The van der Waals surface area contributed by atoms with E-state index in [1.165, 1.54) is 6.07 Å². The second-order valence-corrected chi connectivity index (χ2v) is 6.90. The third kappa shape index (κ3) is 3.19. The molecule has 0 radical (unpaired) electrons. The number of hydrogen-bond donors (Lipinski definition) is 0. The quantitative estimate of drug-likeness (QED) is 0.844. The van der Waals surface area contributed by atoms with E-state index in [-0.39, 0.29) is 22.5 Å². The lowest BCUT2D eigenvalue weighted by Gasteiger charge is -2.32. The van der Waals surface area contributed by atoms with Crippen molar-refractivity contribution in [1.82, 2.24) is 4.90 Å². The Balaban J connectivity index is 2.30. The molecule has 0 spiro atoms. The van der Waals surface area contributed by atoms with Gasteiger partial charge in [0.05, 0.1) is 23.2 Å². The van der Waals surface area contributed by atoms with E-state index in [1.807, 2.05) is 6.92 Å². The number of nitrogens with zero attached hydrogens (tertiary/aromatic N) is 1. The number of ether oxygens (including phenoxy) is 1. The molecule has 0 saturated carbocycles. The lowest BCUT2D eigenvalue weighted by molar-refractivity contribution is -0.0227. The molecule has 0 aromatic heterocycles. The summed E-state index contributed by atoms with van der Waals surface area (Å²) >= 11 is 0. The first-order chi connectivity index (χ1) is 9.43. The lowest BCUT2D eigenvalue weighted by atomic mass is 10.1. The van der Waals surface area contributed by atoms with Crippen molar-refractivity contribution in [2.24, 2.45) is 0 Å². The monoisotopic (exact) mass is 297 g/mol. The summed E-state index contributed by atoms with van der Waals surface area (Å²) in [5.41, 5.74) is 0.242. The van der Waals surface area contributed by atoms with Crippen LogP contribution in [0.2, 0.25) is 0 Å². The van der Waals surface area contributed by atoms with Gasteiger partial charge in [0.2, 0.25) is 0 Å². The standard InChI is InChI=1S/C14H19NO4S/c1-3-11-10-15(8-9-19-11)14(16)12-6-4-5-7-13(12)20(2,17)18/h4-7,11H,3,8-10H2,1-2H3/t11-/m1/s1. The van der Waals surface area contributed by atoms with Crippen molar-refractivity contribution < 1.29 is 17.9 Å². The highest BCUT2D eigenvalue weighted by atomic mass is 32.2. The molecule has 6 heteroatoms. The van der Waals surface area contributed by atoms with Gasteiger partial charge in [0, 0.05) is 19.3 Å². The normalized spacial score (nSPS) is 19.9. The number of carbonyl (C=O) groups excluding carboxylic acids is 1. The number of carbonyl (C=O) groups is 1. The molecule has 1 heterocycles. The van der Waals surface area contributed by atoms with Crippen LogP contribution in [0.5, 0.6) is 0 Å². The van der Waals surface area contributed by atoms with E-state index >= 15 is 0 Å². The van der Waals surface area contributed by atoms with Crippen LogP contribution in [-0.4, -0.2) is 51.3 Å². The van der Waals surface area contributed by atoms with E-state index in [9.17, 15) is 13.2 Å². The highest BCUT2D eigenvalue weighted by Crippen LogP contribution is 2.19. The topological polar surface area (TPSA) is 63.7 Å². The molecule has 1 aliphatic heterocycles. The zero-order valence-corrected chi connectivity index (χ0v) is 12.5. The van der Waals surface area contributed by atoms with Crippen LogP contribution in [-0.2, 0) is 14.6 Å². The van der Waals surface area contributed by atoms with Gasteiger partial charge in [-0.1, -0.05) is 19.1 Å². The third-order valence-corrected chi connectivity index (χ3v) is 4.55. The first kappa shape index (κ1) is 15.0. The summed E-state index contributed by atoms with van der Waals surface area (Å²) in [6.07, 6.45) is 1.98. The molecular weight excluding hydrogens is 278 g/mol. The fraction of sp³-hybridized carbons (Fsp3) is 0.500. The van der Waals surface area contributed by atoms with Crippen molar-refractivity contribution in [3.63, 3.8) is 0 Å². The molecule has 0 unspecified atom stereocenters. The maximum absolute atomic E-state index is 12.5. The zero-order valence-electron chi connectivity index (χ0n) is 11.7. The molecule has 0 aliphatic carbocycles. The van der Waals surface area contributed by atoms with Gasteiger partial charge in [-0.3, -0.25) is 4.79 Å². The Morgan fingerprint density at radius 2 is 2.10 bits per heavy atom. The van der Waals surface area contributed by atoms with Crippen LogP contribution in [0.25, 0.3) is 0 Å². The SMILES string of the molecule is CC[C@@H]1CN(C(=O)c2ccccc2S(C)(=O)=O)CCO1. The van der Waals surface area contributed by atoms with Crippen molar-refractivity contribution in [1.29, 1.82) is 0 Å². The maximum atomic E-state index is 12.5. The molecule has 20 heavy (non-hydrogen) atoms. The first-order valence-electron chi connectivity index (χ1n) is 6.63. The summed E-state index contributed by atoms with van der Waals surface area (Å²) < 4.78 is 29.1. The summed E-state index contributed by atoms with van der Waals surface area (Å²) in [5.74, 6) is -0.243. The minimum atomic E-state index is -3.41. The second-order valence-electron chi connectivity index (χ2n) is 4.92. The highest BCUT2D eigenvalue weighted by Gasteiger charge is 2.27. The summed E-state index contributed by atoms with van der Waals surface area (Å²) in [7, 11) is -3.41. The third-order valence-electron chi connectivity index (χ3n) is 3.40. The number of sulfone groups is 1. The Labute approximate surface area is 119 Å². The van der Waals surface area contributed by atoms with Crippen LogP contribution in [0.3, 0.4) is 0 Å². The number of hydrogen-bond acceptors (Lipinski definition) is 4. The first-order valence-corrected chi connectivity index (χ1v) is 8.52. The van der Waals surface area contributed by atoms with E-state index in [1.54, 1.807) is 23.1 Å². The van der Waals surface area contributed by atoms with Crippen molar-refractivity contribution in [2.45, 2.75) is 24.3 Å². The van der Waals surface area contributed by atoms with E-state index in [0.29, 0.717) is 19.7 Å². The molecule has 0 bridgehead atoms. The summed E-state index contributed by atoms with van der Waals surface area (Å²) in [6.45, 7) is 3.50. The largest absolute Gasteiger partial charge is 0.375 e. The molecule has 2 rings (SSSR count). The van der Waals surface area contributed by atoms with Crippen molar-refractivity contribution in [3.8, 4) is 0 Å². The molecule has 0 N–H and O–H groups in total. The molecule has 1 aliphatic rings. The van der Waals surface area contributed by atoms with Gasteiger partial charge in [0.1, 0.15) is 0 Å². The van der Waals surface area contributed by atoms with Gasteiger partial charge in [-0.15, -0.1) is 0 Å². The Morgan fingerprint density at radius 1 is 1.40 bits per heavy atom. The summed E-state index contributed by atoms with van der Waals surface area (Å²) in [5, 5.41) is 0. The van der Waals surface area contributed by atoms with Crippen LogP contribution < -0.4 is 0 Å². The molecule has 1 aromatic carbocycles. The predicted molar refractivity (Wildman–Crippen MR) is 75.5 cm³/mol. The van der Waals surface area contributed by atoms with Gasteiger partial charge in [-0.25, -0.2) is 8.42 Å². The highest BCUT2D eigenvalue weighted by molar-refractivity contribution is 7.90. The minimum Gasteiger partial charge on any atom is -0.375 e.